The first-order valence-electron chi connectivity index (χ1n) is 10.0. The van der Waals surface area contributed by atoms with Gasteiger partial charge in [-0.15, -0.1) is 24.8 Å². The van der Waals surface area contributed by atoms with E-state index in [4.69, 9.17) is 0 Å². The molecule has 8 heteroatoms. The van der Waals surface area contributed by atoms with E-state index < -0.39 is 0 Å². The molecule has 0 radical (unpaired) electrons. The Morgan fingerprint density at radius 1 is 1.10 bits per heavy atom. The van der Waals surface area contributed by atoms with Crippen molar-refractivity contribution in [2.24, 2.45) is 5.92 Å². The molecule has 2 aromatic heterocycles. The standard InChI is InChI=1S/C23H24FN3O2.2ClH/c1-16-20(23(29)27-12-3-2-4-21(27)25-16)11-15-26-13-9-18(10-14-26)22(28)17-5-7-19(24)8-6-17;;/h2-8,12,18H,9-11,13-15H2,1H3;2*1H. The topological polar surface area (TPSA) is 54.7 Å². The molecule has 5 nitrogen and oxygen atoms in total. The largest absolute Gasteiger partial charge is 0.303 e. The summed E-state index contributed by atoms with van der Waals surface area (Å²) in [5.41, 5.74) is 2.77. The summed E-state index contributed by atoms with van der Waals surface area (Å²) in [5, 5.41) is 0. The predicted molar refractivity (Wildman–Crippen MR) is 124 cm³/mol. The maximum Gasteiger partial charge on any atom is 0.261 e. The zero-order valence-corrected chi connectivity index (χ0v) is 18.9. The highest BCUT2D eigenvalue weighted by Gasteiger charge is 2.26. The van der Waals surface area contributed by atoms with Crippen LogP contribution in [0.3, 0.4) is 0 Å². The Balaban J connectivity index is 0.00000171. The first-order valence-corrected chi connectivity index (χ1v) is 10.0. The average molecular weight is 466 g/mol. The number of nitrogens with zero attached hydrogens (tertiary/aromatic N) is 3. The van der Waals surface area contributed by atoms with Crippen molar-refractivity contribution in [2.45, 2.75) is 26.2 Å². The van der Waals surface area contributed by atoms with E-state index in [9.17, 15) is 14.0 Å². The van der Waals surface area contributed by atoms with Crippen LogP contribution in [0.15, 0.2) is 53.5 Å². The summed E-state index contributed by atoms with van der Waals surface area (Å²) in [6, 6.07) is 11.3. The van der Waals surface area contributed by atoms with Gasteiger partial charge in [0, 0.05) is 35.5 Å². The number of aryl methyl sites for hydroxylation is 1. The van der Waals surface area contributed by atoms with Gasteiger partial charge in [-0.3, -0.25) is 14.0 Å². The second-order valence-electron chi connectivity index (χ2n) is 7.65. The van der Waals surface area contributed by atoms with Crippen molar-refractivity contribution in [1.82, 2.24) is 14.3 Å². The number of rotatable bonds is 5. The molecule has 0 saturated carbocycles. The molecular formula is C23H26Cl2FN3O2. The minimum Gasteiger partial charge on any atom is -0.303 e. The Bertz CT molecular complexity index is 1090. The van der Waals surface area contributed by atoms with Gasteiger partial charge in [0.05, 0.1) is 0 Å². The number of hydrogen-bond donors (Lipinski definition) is 0. The Kier molecular flexibility index (Phi) is 8.74. The van der Waals surface area contributed by atoms with E-state index in [1.165, 1.54) is 12.1 Å². The first kappa shape index (κ1) is 25.0. The Morgan fingerprint density at radius 2 is 1.77 bits per heavy atom. The molecule has 3 heterocycles. The molecule has 0 amide bonds. The van der Waals surface area contributed by atoms with Crippen LogP contribution in [0.2, 0.25) is 0 Å². The zero-order chi connectivity index (χ0) is 20.4. The summed E-state index contributed by atoms with van der Waals surface area (Å²) in [5.74, 6) is -0.255. The number of Topliss-reactive ketones (excluding diaryl/α,β-unsaturated/α-hetero) is 1. The number of pyridine rings is 1. The molecule has 0 atom stereocenters. The van der Waals surface area contributed by atoms with Gasteiger partial charge in [0.15, 0.2) is 5.78 Å². The number of carbonyl (C=O) groups excluding carboxylic acids is 1. The lowest BCUT2D eigenvalue weighted by Crippen LogP contribution is -2.38. The Hall–Kier alpha value is -2.28. The number of piperidine rings is 1. The number of ketones is 1. The molecule has 0 bridgehead atoms. The minimum absolute atomic E-state index is 0. The van der Waals surface area contributed by atoms with Crippen LogP contribution < -0.4 is 5.56 Å². The molecule has 3 aromatic rings. The quantitative estimate of drug-likeness (QED) is 0.531. The lowest BCUT2D eigenvalue weighted by molar-refractivity contribution is 0.0841. The second-order valence-corrected chi connectivity index (χ2v) is 7.65. The Labute approximate surface area is 193 Å². The smallest absolute Gasteiger partial charge is 0.261 e. The highest BCUT2D eigenvalue weighted by atomic mass is 35.5. The summed E-state index contributed by atoms with van der Waals surface area (Å²) >= 11 is 0. The maximum absolute atomic E-state index is 13.1. The number of aromatic nitrogens is 2. The molecule has 0 N–H and O–H groups in total. The molecule has 1 fully saturated rings. The van der Waals surface area contributed by atoms with E-state index in [0.29, 0.717) is 17.6 Å². The van der Waals surface area contributed by atoms with Crippen LogP contribution >= 0.6 is 24.8 Å². The van der Waals surface area contributed by atoms with E-state index in [-0.39, 0.29) is 47.9 Å². The van der Waals surface area contributed by atoms with Crippen LogP contribution in [0.4, 0.5) is 4.39 Å². The van der Waals surface area contributed by atoms with Gasteiger partial charge < -0.3 is 4.90 Å². The van der Waals surface area contributed by atoms with Gasteiger partial charge in [-0.1, -0.05) is 6.07 Å². The Morgan fingerprint density at radius 3 is 2.45 bits per heavy atom. The molecule has 1 saturated heterocycles. The predicted octanol–water partition coefficient (Wildman–Crippen LogP) is 4.12. The summed E-state index contributed by atoms with van der Waals surface area (Å²) in [6.07, 6.45) is 3.96. The van der Waals surface area contributed by atoms with Crippen LogP contribution in [0.1, 0.15) is 34.5 Å². The zero-order valence-electron chi connectivity index (χ0n) is 17.3. The van der Waals surface area contributed by atoms with Gasteiger partial charge in [0.25, 0.3) is 5.56 Å². The SMILES string of the molecule is Cc1nc2ccccn2c(=O)c1CCN1CCC(C(=O)c2ccc(F)cc2)CC1.Cl.Cl. The van der Waals surface area contributed by atoms with E-state index in [2.05, 4.69) is 9.88 Å². The van der Waals surface area contributed by atoms with Gasteiger partial charge in [0.2, 0.25) is 0 Å². The minimum atomic E-state index is -0.328. The van der Waals surface area contributed by atoms with Gasteiger partial charge in [-0.05, 0) is 75.7 Å². The van der Waals surface area contributed by atoms with E-state index in [1.807, 2.05) is 25.1 Å². The molecule has 1 aliphatic rings. The van der Waals surface area contributed by atoms with Gasteiger partial charge >= 0.3 is 0 Å². The maximum atomic E-state index is 13.1. The van der Waals surface area contributed by atoms with Crippen LogP contribution in [-0.4, -0.2) is 39.7 Å². The van der Waals surface area contributed by atoms with E-state index in [0.717, 1.165) is 43.7 Å². The molecule has 31 heavy (non-hydrogen) atoms. The molecule has 1 aromatic carbocycles. The average Bonchev–Trinajstić information content (AvgIpc) is 2.74. The highest BCUT2D eigenvalue weighted by molar-refractivity contribution is 5.97. The number of hydrogen-bond acceptors (Lipinski definition) is 4. The van der Waals surface area contributed by atoms with Crippen molar-refractivity contribution in [2.75, 3.05) is 19.6 Å². The molecular weight excluding hydrogens is 440 g/mol. The van der Waals surface area contributed by atoms with Crippen molar-refractivity contribution >= 4 is 36.2 Å². The number of halogens is 3. The molecule has 4 rings (SSSR count). The van der Waals surface area contributed by atoms with Crippen molar-refractivity contribution in [3.63, 3.8) is 0 Å². The van der Waals surface area contributed by atoms with E-state index in [1.54, 1.807) is 22.7 Å². The van der Waals surface area contributed by atoms with Crippen molar-refractivity contribution in [3.05, 3.63) is 81.7 Å². The summed E-state index contributed by atoms with van der Waals surface area (Å²) in [6.45, 7) is 4.30. The monoisotopic (exact) mass is 465 g/mol. The molecule has 166 valence electrons. The molecule has 0 unspecified atom stereocenters. The number of likely N-dealkylation sites (tertiary alicyclic amines) is 1. The number of fused-ring (bicyclic) bond motifs is 1. The van der Waals surface area contributed by atoms with Crippen LogP contribution in [0.25, 0.3) is 5.65 Å². The van der Waals surface area contributed by atoms with Gasteiger partial charge in [-0.25, -0.2) is 9.37 Å². The summed E-state index contributed by atoms with van der Waals surface area (Å²) < 4.78 is 14.7. The summed E-state index contributed by atoms with van der Waals surface area (Å²) in [7, 11) is 0. The number of carbonyl (C=O) groups is 1. The third-order valence-electron chi connectivity index (χ3n) is 5.80. The third kappa shape index (κ3) is 5.50. The van der Waals surface area contributed by atoms with Crippen molar-refractivity contribution in [3.8, 4) is 0 Å². The lowest BCUT2D eigenvalue weighted by atomic mass is 9.89. The fourth-order valence-corrected chi connectivity index (χ4v) is 4.06. The number of benzene rings is 1. The van der Waals surface area contributed by atoms with Gasteiger partial charge in [0.1, 0.15) is 11.5 Å². The lowest BCUT2D eigenvalue weighted by Gasteiger charge is -2.31. The second kappa shape index (κ2) is 10.8. The van der Waals surface area contributed by atoms with Crippen LogP contribution in [0, 0.1) is 18.7 Å². The normalized spacial score (nSPS) is 14.6. The van der Waals surface area contributed by atoms with Crippen LogP contribution in [0.5, 0.6) is 0 Å². The molecule has 0 spiro atoms. The fraction of sp³-hybridized carbons (Fsp3) is 0.348. The van der Waals surface area contributed by atoms with E-state index >= 15 is 0 Å². The van der Waals surface area contributed by atoms with Crippen LogP contribution in [-0.2, 0) is 6.42 Å². The van der Waals surface area contributed by atoms with Gasteiger partial charge in [-0.2, -0.15) is 0 Å². The highest BCUT2D eigenvalue weighted by Crippen LogP contribution is 2.22. The molecule has 1 aliphatic heterocycles. The third-order valence-corrected chi connectivity index (χ3v) is 5.80. The summed E-state index contributed by atoms with van der Waals surface area (Å²) in [4.78, 5) is 32.2. The first-order chi connectivity index (χ1) is 14.0. The van der Waals surface area contributed by atoms with Crippen molar-refractivity contribution in [1.29, 1.82) is 0 Å². The van der Waals surface area contributed by atoms with Crippen molar-refractivity contribution < 1.29 is 9.18 Å². The fourth-order valence-electron chi connectivity index (χ4n) is 4.06. The molecule has 0 aliphatic carbocycles.